The van der Waals surface area contributed by atoms with Gasteiger partial charge >= 0.3 is 0 Å². The van der Waals surface area contributed by atoms with Crippen molar-refractivity contribution in [3.63, 3.8) is 0 Å². The number of aromatic nitrogens is 2. The van der Waals surface area contributed by atoms with Crippen molar-refractivity contribution >= 4 is 5.91 Å². The molecule has 0 saturated carbocycles. The van der Waals surface area contributed by atoms with E-state index in [1.54, 1.807) is 10.9 Å². The van der Waals surface area contributed by atoms with Gasteiger partial charge in [0.05, 0.1) is 11.3 Å². The summed E-state index contributed by atoms with van der Waals surface area (Å²) in [6.45, 7) is 5.47. The number of carbonyl (C=O) groups is 1. The standard InChI is InChI=1S/C18H24N4O/c1-13-6-7-16(22-10-4-8-20-22)15(11-13)18(23)21-9-3-5-14(2)17(21)12-19/h4,6-8,10-11,14,17H,3,5,9,12,19H2,1-2H3/t14-,17?/m1/s1. The van der Waals surface area contributed by atoms with Crippen molar-refractivity contribution in [2.24, 2.45) is 11.7 Å². The first-order valence-electron chi connectivity index (χ1n) is 8.23. The molecule has 2 heterocycles. The van der Waals surface area contributed by atoms with E-state index in [2.05, 4.69) is 12.0 Å². The Balaban J connectivity index is 2.00. The normalized spacial score (nSPS) is 21.4. The van der Waals surface area contributed by atoms with Gasteiger partial charge in [0.2, 0.25) is 0 Å². The predicted octanol–water partition coefficient (Wildman–Crippen LogP) is 2.38. The average molecular weight is 312 g/mol. The predicted molar refractivity (Wildman–Crippen MR) is 90.6 cm³/mol. The van der Waals surface area contributed by atoms with E-state index in [1.807, 2.05) is 42.3 Å². The van der Waals surface area contributed by atoms with Crippen LogP contribution in [0.3, 0.4) is 0 Å². The van der Waals surface area contributed by atoms with Gasteiger partial charge in [-0.15, -0.1) is 0 Å². The Hall–Kier alpha value is -2.14. The lowest BCUT2D eigenvalue weighted by Gasteiger charge is -2.39. The van der Waals surface area contributed by atoms with Gasteiger partial charge in [-0.2, -0.15) is 5.10 Å². The summed E-state index contributed by atoms with van der Waals surface area (Å²) in [4.78, 5) is 15.2. The van der Waals surface area contributed by atoms with E-state index in [0.717, 1.165) is 30.6 Å². The molecule has 1 aromatic carbocycles. The zero-order chi connectivity index (χ0) is 16.4. The maximum absolute atomic E-state index is 13.2. The minimum atomic E-state index is 0.0567. The van der Waals surface area contributed by atoms with Crippen LogP contribution in [0.25, 0.3) is 5.69 Å². The minimum absolute atomic E-state index is 0.0567. The fraction of sp³-hybridized carbons (Fsp3) is 0.444. The summed E-state index contributed by atoms with van der Waals surface area (Å²) in [7, 11) is 0. The molecule has 1 aromatic heterocycles. The third kappa shape index (κ3) is 3.01. The Morgan fingerprint density at radius 1 is 1.43 bits per heavy atom. The topological polar surface area (TPSA) is 64.2 Å². The van der Waals surface area contributed by atoms with Gasteiger partial charge in [0.25, 0.3) is 5.91 Å². The van der Waals surface area contributed by atoms with Gasteiger partial charge in [-0.05, 0) is 43.9 Å². The smallest absolute Gasteiger partial charge is 0.256 e. The van der Waals surface area contributed by atoms with E-state index >= 15 is 0 Å². The van der Waals surface area contributed by atoms with Gasteiger partial charge in [0.15, 0.2) is 0 Å². The number of hydrogen-bond acceptors (Lipinski definition) is 3. The van der Waals surface area contributed by atoms with Crippen LogP contribution in [0.15, 0.2) is 36.7 Å². The van der Waals surface area contributed by atoms with Gasteiger partial charge in [-0.3, -0.25) is 4.79 Å². The van der Waals surface area contributed by atoms with Crippen LogP contribution < -0.4 is 5.73 Å². The molecular formula is C18H24N4O. The summed E-state index contributed by atoms with van der Waals surface area (Å²) in [5, 5.41) is 4.28. The number of nitrogens with zero attached hydrogens (tertiary/aromatic N) is 3. The summed E-state index contributed by atoms with van der Waals surface area (Å²) >= 11 is 0. The van der Waals surface area contributed by atoms with E-state index in [-0.39, 0.29) is 11.9 Å². The monoisotopic (exact) mass is 312 g/mol. The molecule has 1 fully saturated rings. The first-order chi connectivity index (χ1) is 11.1. The molecule has 0 bridgehead atoms. The van der Waals surface area contributed by atoms with Crippen molar-refractivity contribution in [2.75, 3.05) is 13.1 Å². The van der Waals surface area contributed by atoms with Crippen LogP contribution in [0.5, 0.6) is 0 Å². The molecule has 0 radical (unpaired) electrons. The Morgan fingerprint density at radius 2 is 2.26 bits per heavy atom. The van der Waals surface area contributed by atoms with Crippen molar-refractivity contribution in [3.05, 3.63) is 47.8 Å². The van der Waals surface area contributed by atoms with Crippen LogP contribution in [0.4, 0.5) is 0 Å². The lowest BCUT2D eigenvalue weighted by Crippen LogP contribution is -2.51. The molecule has 122 valence electrons. The molecule has 23 heavy (non-hydrogen) atoms. The minimum Gasteiger partial charge on any atom is -0.334 e. The number of amides is 1. The molecule has 1 amide bonds. The highest BCUT2D eigenvalue weighted by atomic mass is 16.2. The number of nitrogens with two attached hydrogens (primary N) is 1. The Morgan fingerprint density at radius 3 is 2.96 bits per heavy atom. The quantitative estimate of drug-likeness (QED) is 0.946. The summed E-state index contributed by atoms with van der Waals surface area (Å²) < 4.78 is 1.75. The number of carbonyl (C=O) groups excluding carboxylic acids is 1. The fourth-order valence-electron chi connectivity index (χ4n) is 3.45. The SMILES string of the molecule is Cc1ccc(-n2cccn2)c(C(=O)N2CCC[C@@H](C)C2CN)c1. The summed E-state index contributed by atoms with van der Waals surface area (Å²) in [6, 6.07) is 7.89. The fourth-order valence-corrected chi connectivity index (χ4v) is 3.45. The summed E-state index contributed by atoms with van der Waals surface area (Å²) in [5.41, 5.74) is 8.53. The lowest BCUT2D eigenvalue weighted by atomic mass is 9.90. The zero-order valence-corrected chi connectivity index (χ0v) is 13.8. The van der Waals surface area contributed by atoms with E-state index in [0.29, 0.717) is 18.0 Å². The summed E-state index contributed by atoms with van der Waals surface area (Å²) in [6.07, 6.45) is 5.75. The van der Waals surface area contributed by atoms with Gasteiger partial charge in [0, 0.05) is 31.5 Å². The van der Waals surface area contributed by atoms with Crippen LogP contribution in [0, 0.1) is 12.8 Å². The Labute approximate surface area is 137 Å². The van der Waals surface area contributed by atoms with E-state index in [4.69, 9.17) is 5.73 Å². The number of benzene rings is 1. The molecule has 1 unspecified atom stereocenters. The molecule has 2 aromatic rings. The molecule has 2 atom stereocenters. The van der Waals surface area contributed by atoms with E-state index in [1.165, 1.54) is 0 Å². The van der Waals surface area contributed by atoms with Crippen molar-refractivity contribution in [2.45, 2.75) is 32.7 Å². The highest BCUT2D eigenvalue weighted by molar-refractivity contribution is 5.98. The van der Waals surface area contributed by atoms with Crippen molar-refractivity contribution < 1.29 is 4.79 Å². The molecule has 1 aliphatic rings. The molecular weight excluding hydrogens is 288 g/mol. The molecule has 0 spiro atoms. The maximum atomic E-state index is 13.2. The molecule has 0 aliphatic carbocycles. The average Bonchev–Trinajstić information content (AvgIpc) is 3.08. The number of rotatable bonds is 3. The van der Waals surface area contributed by atoms with Crippen LogP contribution >= 0.6 is 0 Å². The van der Waals surface area contributed by atoms with Crippen LogP contribution in [-0.2, 0) is 0 Å². The third-order valence-corrected chi connectivity index (χ3v) is 4.75. The van der Waals surface area contributed by atoms with E-state index in [9.17, 15) is 4.79 Å². The number of piperidine rings is 1. The molecule has 5 nitrogen and oxygen atoms in total. The van der Waals surface area contributed by atoms with Crippen LogP contribution in [-0.4, -0.2) is 39.7 Å². The highest BCUT2D eigenvalue weighted by Crippen LogP contribution is 2.26. The van der Waals surface area contributed by atoms with Gasteiger partial charge in [-0.25, -0.2) is 4.68 Å². The molecule has 3 rings (SSSR count). The van der Waals surface area contributed by atoms with Gasteiger partial charge in [-0.1, -0.05) is 18.6 Å². The molecule has 5 heteroatoms. The highest BCUT2D eigenvalue weighted by Gasteiger charge is 2.32. The van der Waals surface area contributed by atoms with Crippen LogP contribution in [0.1, 0.15) is 35.7 Å². The summed E-state index contributed by atoms with van der Waals surface area (Å²) in [5.74, 6) is 0.497. The maximum Gasteiger partial charge on any atom is 0.256 e. The first kappa shape index (κ1) is 15.7. The van der Waals surface area contributed by atoms with Crippen molar-refractivity contribution in [1.82, 2.24) is 14.7 Å². The Bertz CT molecular complexity index is 680. The Kier molecular flexibility index (Phi) is 4.48. The van der Waals surface area contributed by atoms with Crippen LogP contribution in [0.2, 0.25) is 0 Å². The number of likely N-dealkylation sites (tertiary alicyclic amines) is 1. The number of aryl methyl sites for hydroxylation is 1. The second-order valence-electron chi connectivity index (χ2n) is 6.39. The lowest BCUT2D eigenvalue weighted by molar-refractivity contribution is 0.0532. The second kappa shape index (κ2) is 6.54. The largest absolute Gasteiger partial charge is 0.334 e. The first-order valence-corrected chi connectivity index (χ1v) is 8.23. The van der Waals surface area contributed by atoms with E-state index < -0.39 is 0 Å². The van der Waals surface area contributed by atoms with Gasteiger partial charge in [0.1, 0.15) is 0 Å². The van der Waals surface area contributed by atoms with Crippen molar-refractivity contribution in [3.8, 4) is 5.69 Å². The molecule has 2 N–H and O–H groups in total. The molecule has 1 aliphatic heterocycles. The zero-order valence-electron chi connectivity index (χ0n) is 13.8. The number of hydrogen-bond donors (Lipinski definition) is 1. The molecule has 1 saturated heterocycles. The second-order valence-corrected chi connectivity index (χ2v) is 6.39. The van der Waals surface area contributed by atoms with Crippen molar-refractivity contribution in [1.29, 1.82) is 0 Å². The third-order valence-electron chi connectivity index (χ3n) is 4.75. The van der Waals surface area contributed by atoms with Gasteiger partial charge < -0.3 is 10.6 Å².